The number of carbonyl (C=O) groups is 2. The summed E-state index contributed by atoms with van der Waals surface area (Å²) >= 11 is 0. The van der Waals surface area contributed by atoms with E-state index in [2.05, 4.69) is 5.32 Å². The molecule has 2 rings (SSSR count). The van der Waals surface area contributed by atoms with E-state index >= 15 is 0 Å². The summed E-state index contributed by atoms with van der Waals surface area (Å²) in [6.45, 7) is 3.38. The summed E-state index contributed by atoms with van der Waals surface area (Å²) in [5.41, 5.74) is 1.90. The molecule has 0 aliphatic heterocycles. The molecule has 1 N–H and O–H groups in total. The zero-order chi connectivity index (χ0) is 17.5. The predicted molar refractivity (Wildman–Crippen MR) is 91.0 cm³/mol. The van der Waals surface area contributed by atoms with Gasteiger partial charge in [0.05, 0.1) is 19.6 Å². The van der Waals surface area contributed by atoms with Gasteiger partial charge in [0.1, 0.15) is 11.5 Å². The third kappa shape index (κ3) is 5.12. The summed E-state index contributed by atoms with van der Waals surface area (Å²) in [7, 11) is 1.58. The molecule has 0 fully saturated rings. The van der Waals surface area contributed by atoms with Gasteiger partial charge in [-0.2, -0.15) is 0 Å². The number of methoxy groups -OCH3 is 1. The molecular formula is C19H21NO4. The molecule has 0 aromatic heterocycles. The van der Waals surface area contributed by atoms with E-state index in [1.165, 1.54) is 6.92 Å². The van der Waals surface area contributed by atoms with Crippen LogP contribution in [-0.2, 0) is 9.59 Å². The number of amides is 1. The van der Waals surface area contributed by atoms with E-state index in [9.17, 15) is 9.59 Å². The fourth-order valence-corrected chi connectivity index (χ4v) is 2.28. The van der Waals surface area contributed by atoms with Gasteiger partial charge in [0, 0.05) is 6.92 Å². The van der Waals surface area contributed by atoms with Crippen LogP contribution in [0.3, 0.4) is 0 Å². The van der Waals surface area contributed by atoms with Crippen molar-refractivity contribution in [3.63, 3.8) is 0 Å². The second-order valence-corrected chi connectivity index (χ2v) is 5.52. The number of esters is 1. The van der Waals surface area contributed by atoms with E-state index in [0.717, 1.165) is 11.1 Å². The Kier molecular flexibility index (Phi) is 5.95. The lowest BCUT2D eigenvalue weighted by Crippen LogP contribution is -2.29. The molecule has 1 atom stereocenters. The second kappa shape index (κ2) is 8.15. The summed E-state index contributed by atoms with van der Waals surface area (Å²) in [5.74, 6) is 0.580. The molecular weight excluding hydrogens is 306 g/mol. The minimum absolute atomic E-state index is 0.0415. The maximum Gasteiger partial charge on any atom is 0.313 e. The zero-order valence-corrected chi connectivity index (χ0v) is 14.0. The predicted octanol–water partition coefficient (Wildman–Crippen LogP) is 3.18. The van der Waals surface area contributed by atoms with E-state index in [4.69, 9.17) is 9.47 Å². The first-order valence-electron chi connectivity index (χ1n) is 7.66. The van der Waals surface area contributed by atoms with E-state index in [0.29, 0.717) is 11.5 Å². The molecule has 5 nitrogen and oxygen atoms in total. The van der Waals surface area contributed by atoms with Crippen LogP contribution in [0.15, 0.2) is 48.5 Å². The standard InChI is InChI=1S/C19H21NO4/c1-13-4-8-17(9-5-13)24-19(22)12-18(20-14(2)21)15-6-10-16(23-3)11-7-15/h4-11,18H,12H2,1-3H3,(H,20,21). The highest BCUT2D eigenvalue weighted by atomic mass is 16.5. The van der Waals surface area contributed by atoms with Crippen molar-refractivity contribution < 1.29 is 19.1 Å². The van der Waals surface area contributed by atoms with Gasteiger partial charge in [-0.15, -0.1) is 0 Å². The minimum atomic E-state index is -0.452. The third-order valence-corrected chi connectivity index (χ3v) is 3.52. The number of ether oxygens (including phenoxy) is 2. The van der Waals surface area contributed by atoms with Gasteiger partial charge in [0.2, 0.25) is 5.91 Å². The summed E-state index contributed by atoms with van der Waals surface area (Å²) in [6, 6.07) is 14.0. The topological polar surface area (TPSA) is 64.6 Å². The third-order valence-electron chi connectivity index (χ3n) is 3.52. The monoisotopic (exact) mass is 327 g/mol. The molecule has 1 amide bonds. The van der Waals surface area contributed by atoms with Gasteiger partial charge in [-0.3, -0.25) is 9.59 Å². The molecule has 0 bridgehead atoms. The van der Waals surface area contributed by atoms with E-state index in [1.54, 1.807) is 31.4 Å². The fraction of sp³-hybridized carbons (Fsp3) is 0.263. The van der Waals surface area contributed by atoms with Gasteiger partial charge in [-0.25, -0.2) is 0 Å². The molecule has 2 aromatic carbocycles. The molecule has 0 aliphatic rings. The summed E-state index contributed by atoms with van der Waals surface area (Å²) in [4.78, 5) is 23.6. The normalized spacial score (nSPS) is 11.5. The highest BCUT2D eigenvalue weighted by Crippen LogP contribution is 2.22. The quantitative estimate of drug-likeness (QED) is 0.654. The Morgan fingerprint density at radius 1 is 1.00 bits per heavy atom. The van der Waals surface area contributed by atoms with Crippen molar-refractivity contribution in [1.82, 2.24) is 5.32 Å². The van der Waals surface area contributed by atoms with Crippen LogP contribution in [0.5, 0.6) is 11.5 Å². The van der Waals surface area contributed by atoms with Crippen LogP contribution in [-0.4, -0.2) is 19.0 Å². The Morgan fingerprint density at radius 3 is 2.12 bits per heavy atom. The number of hydrogen-bond donors (Lipinski definition) is 1. The van der Waals surface area contributed by atoms with Crippen LogP contribution in [0.4, 0.5) is 0 Å². The van der Waals surface area contributed by atoms with Crippen LogP contribution in [0.2, 0.25) is 0 Å². The summed E-state index contributed by atoms with van der Waals surface area (Å²) in [6.07, 6.45) is 0.0415. The maximum absolute atomic E-state index is 12.2. The van der Waals surface area contributed by atoms with Crippen molar-refractivity contribution in [3.8, 4) is 11.5 Å². The average Bonchev–Trinajstić information content (AvgIpc) is 2.56. The largest absolute Gasteiger partial charge is 0.497 e. The van der Waals surface area contributed by atoms with Gasteiger partial charge in [-0.1, -0.05) is 29.8 Å². The molecule has 0 heterocycles. The zero-order valence-electron chi connectivity index (χ0n) is 14.0. The van der Waals surface area contributed by atoms with Crippen molar-refractivity contribution in [3.05, 3.63) is 59.7 Å². The first-order valence-corrected chi connectivity index (χ1v) is 7.66. The molecule has 0 saturated heterocycles. The molecule has 5 heteroatoms. The van der Waals surface area contributed by atoms with Crippen molar-refractivity contribution in [2.24, 2.45) is 0 Å². The number of nitrogens with one attached hydrogen (secondary N) is 1. The van der Waals surface area contributed by atoms with E-state index in [-0.39, 0.29) is 12.3 Å². The average molecular weight is 327 g/mol. The van der Waals surface area contributed by atoms with E-state index < -0.39 is 12.0 Å². The van der Waals surface area contributed by atoms with Crippen LogP contribution < -0.4 is 14.8 Å². The molecule has 0 aliphatic carbocycles. The lowest BCUT2D eigenvalue weighted by molar-refractivity contribution is -0.135. The van der Waals surface area contributed by atoms with Gasteiger partial charge < -0.3 is 14.8 Å². The molecule has 24 heavy (non-hydrogen) atoms. The van der Waals surface area contributed by atoms with Gasteiger partial charge in [-0.05, 0) is 36.8 Å². The lowest BCUT2D eigenvalue weighted by atomic mass is 10.0. The Morgan fingerprint density at radius 2 is 1.58 bits per heavy atom. The number of rotatable bonds is 6. The maximum atomic E-state index is 12.2. The van der Waals surface area contributed by atoms with Crippen LogP contribution in [0.25, 0.3) is 0 Å². The highest BCUT2D eigenvalue weighted by molar-refractivity contribution is 5.77. The fourth-order valence-electron chi connectivity index (χ4n) is 2.28. The molecule has 0 spiro atoms. The van der Waals surface area contributed by atoms with Crippen LogP contribution in [0.1, 0.15) is 30.5 Å². The Balaban J connectivity index is 2.08. The number of hydrogen-bond acceptors (Lipinski definition) is 4. The van der Waals surface area contributed by atoms with Crippen LogP contribution in [0, 0.1) is 6.92 Å². The lowest BCUT2D eigenvalue weighted by Gasteiger charge is -2.18. The SMILES string of the molecule is COc1ccc(C(CC(=O)Oc2ccc(C)cc2)NC(C)=O)cc1. The first kappa shape index (κ1) is 17.5. The summed E-state index contributed by atoms with van der Waals surface area (Å²) in [5, 5.41) is 2.78. The molecule has 0 radical (unpaired) electrons. The minimum Gasteiger partial charge on any atom is -0.497 e. The Hall–Kier alpha value is -2.82. The molecule has 0 saturated carbocycles. The molecule has 126 valence electrons. The second-order valence-electron chi connectivity index (χ2n) is 5.52. The van der Waals surface area contributed by atoms with E-state index in [1.807, 2.05) is 31.2 Å². The first-order chi connectivity index (χ1) is 11.5. The van der Waals surface area contributed by atoms with Crippen molar-refractivity contribution in [2.75, 3.05) is 7.11 Å². The van der Waals surface area contributed by atoms with Crippen molar-refractivity contribution in [1.29, 1.82) is 0 Å². The molecule has 2 aromatic rings. The van der Waals surface area contributed by atoms with Gasteiger partial charge in [0.15, 0.2) is 0 Å². The number of carbonyl (C=O) groups excluding carboxylic acids is 2. The highest BCUT2D eigenvalue weighted by Gasteiger charge is 2.18. The van der Waals surface area contributed by atoms with Gasteiger partial charge in [0.25, 0.3) is 0 Å². The van der Waals surface area contributed by atoms with Crippen molar-refractivity contribution in [2.45, 2.75) is 26.3 Å². The van der Waals surface area contributed by atoms with Crippen LogP contribution >= 0.6 is 0 Å². The Bertz CT molecular complexity index is 692. The van der Waals surface area contributed by atoms with Crippen molar-refractivity contribution >= 4 is 11.9 Å². The van der Waals surface area contributed by atoms with Gasteiger partial charge >= 0.3 is 5.97 Å². The number of benzene rings is 2. The summed E-state index contributed by atoms with van der Waals surface area (Å²) < 4.78 is 10.5. The smallest absolute Gasteiger partial charge is 0.313 e. The Labute approximate surface area is 141 Å². The molecule has 1 unspecified atom stereocenters. The number of aryl methyl sites for hydroxylation is 1.